The van der Waals surface area contributed by atoms with E-state index in [-0.39, 0.29) is 24.1 Å². The Morgan fingerprint density at radius 2 is 1.90 bits per heavy atom. The summed E-state index contributed by atoms with van der Waals surface area (Å²) in [5.74, 6) is 1.27. The first kappa shape index (κ1) is 19.9. The second-order valence-corrected chi connectivity index (χ2v) is 7.45. The van der Waals surface area contributed by atoms with Crippen molar-refractivity contribution in [2.75, 3.05) is 20.8 Å². The maximum absolute atomic E-state index is 13.2. The highest BCUT2D eigenvalue weighted by molar-refractivity contribution is 5.84. The number of hydrogen-bond donors (Lipinski definition) is 0. The van der Waals surface area contributed by atoms with Crippen molar-refractivity contribution in [3.8, 4) is 11.5 Å². The number of amides is 1. The summed E-state index contributed by atoms with van der Waals surface area (Å²) in [5.41, 5.74) is 1.43. The van der Waals surface area contributed by atoms with Gasteiger partial charge in [0.25, 0.3) is 5.56 Å². The van der Waals surface area contributed by atoms with Gasteiger partial charge in [-0.15, -0.1) is 0 Å². The predicted octanol–water partition coefficient (Wildman–Crippen LogP) is 3.09. The number of likely N-dealkylation sites (tertiary alicyclic amines) is 1. The van der Waals surface area contributed by atoms with Crippen molar-refractivity contribution in [1.82, 2.24) is 14.7 Å². The molecule has 4 rings (SSSR count). The first-order chi connectivity index (χ1) is 14.5. The van der Waals surface area contributed by atoms with Gasteiger partial charge in [-0.3, -0.25) is 9.59 Å². The van der Waals surface area contributed by atoms with E-state index in [0.29, 0.717) is 23.4 Å². The average Bonchev–Trinajstić information content (AvgIpc) is 3.26. The summed E-state index contributed by atoms with van der Waals surface area (Å²) in [6.45, 7) is 2.41. The molecule has 0 radical (unpaired) electrons. The van der Waals surface area contributed by atoms with Crippen LogP contribution < -0.4 is 15.0 Å². The van der Waals surface area contributed by atoms with Crippen molar-refractivity contribution in [3.05, 3.63) is 64.1 Å². The van der Waals surface area contributed by atoms with Crippen LogP contribution in [0.2, 0.25) is 0 Å². The molecule has 0 aliphatic carbocycles. The molecule has 7 nitrogen and oxygen atoms in total. The molecule has 30 heavy (non-hydrogen) atoms. The monoisotopic (exact) mass is 407 g/mol. The van der Waals surface area contributed by atoms with E-state index in [2.05, 4.69) is 5.10 Å². The van der Waals surface area contributed by atoms with Gasteiger partial charge in [-0.05, 0) is 38.0 Å². The van der Waals surface area contributed by atoms with Crippen LogP contribution >= 0.6 is 0 Å². The van der Waals surface area contributed by atoms with Crippen LogP contribution in [0.15, 0.2) is 47.3 Å². The van der Waals surface area contributed by atoms with Gasteiger partial charge < -0.3 is 14.4 Å². The molecule has 0 saturated carbocycles. The first-order valence-corrected chi connectivity index (χ1v) is 10.0. The van der Waals surface area contributed by atoms with E-state index in [4.69, 9.17) is 9.47 Å². The quantitative estimate of drug-likeness (QED) is 0.650. The topological polar surface area (TPSA) is 73.7 Å². The highest BCUT2D eigenvalue weighted by Gasteiger charge is 2.32. The number of aromatic nitrogens is 2. The van der Waals surface area contributed by atoms with Gasteiger partial charge in [0.1, 0.15) is 18.0 Å². The highest BCUT2D eigenvalue weighted by Crippen LogP contribution is 2.38. The van der Waals surface area contributed by atoms with Crippen molar-refractivity contribution in [2.45, 2.75) is 32.4 Å². The zero-order valence-electron chi connectivity index (χ0n) is 17.4. The molecule has 1 fully saturated rings. The van der Waals surface area contributed by atoms with Gasteiger partial charge in [0.05, 0.1) is 31.3 Å². The van der Waals surface area contributed by atoms with Crippen LogP contribution in [-0.2, 0) is 11.3 Å². The minimum atomic E-state index is -0.248. The third-order valence-electron chi connectivity index (χ3n) is 5.71. The van der Waals surface area contributed by atoms with Crippen LogP contribution in [0.25, 0.3) is 10.8 Å². The lowest BCUT2D eigenvalue weighted by molar-refractivity contribution is -0.133. The van der Waals surface area contributed by atoms with Gasteiger partial charge in [0, 0.05) is 23.6 Å². The van der Waals surface area contributed by atoms with Gasteiger partial charge >= 0.3 is 0 Å². The molecule has 2 heterocycles. The van der Waals surface area contributed by atoms with Crippen LogP contribution in [0.5, 0.6) is 11.5 Å². The molecular weight excluding hydrogens is 382 g/mol. The fourth-order valence-corrected chi connectivity index (χ4v) is 4.21. The number of fused-ring (bicyclic) bond motifs is 1. The molecule has 1 aliphatic rings. The number of aryl methyl sites for hydroxylation is 1. The maximum atomic E-state index is 13.2. The van der Waals surface area contributed by atoms with Crippen LogP contribution in [0.4, 0.5) is 0 Å². The van der Waals surface area contributed by atoms with Gasteiger partial charge in [-0.25, -0.2) is 4.68 Å². The molecule has 1 aromatic heterocycles. The fourth-order valence-electron chi connectivity index (χ4n) is 4.21. The molecule has 1 atom stereocenters. The summed E-state index contributed by atoms with van der Waals surface area (Å²) in [6, 6.07) is 12.9. The molecule has 7 heteroatoms. The Morgan fingerprint density at radius 1 is 1.13 bits per heavy atom. The molecule has 1 aliphatic heterocycles. The standard InChI is InChI=1S/C23H25N3O4/c1-15-17-7-4-5-8-18(17)23(28)26(24-15)14-22(27)25-12-6-9-20(25)19-11-10-16(29-2)13-21(19)30-3/h4-5,7-8,10-11,13,20H,6,9,12,14H2,1-3H3. The number of hydrogen-bond acceptors (Lipinski definition) is 5. The smallest absolute Gasteiger partial charge is 0.275 e. The summed E-state index contributed by atoms with van der Waals surface area (Å²) >= 11 is 0. The van der Waals surface area contributed by atoms with E-state index < -0.39 is 0 Å². The van der Waals surface area contributed by atoms with E-state index in [1.54, 1.807) is 20.3 Å². The van der Waals surface area contributed by atoms with E-state index >= 15 is 0 Å². The van der Waals surface area contributed by atoms with E-state index in [9.17, 15) is 9.59 Å². The Morgan fingerprint density at radius 3 is 2.63 bits per heavy atom. The van der Waals surface area contributed by atoms with Gasteiger partial charge in [-0.1, -0.05) is 18.2 Å². The number of carbonyl (C=O) groups is 1. The fraction of sp³-hybridized carbons (Fsp3) is 0.348. The van der Waals surface area contributed by atoms with Crippen LogP contribution in [0.3, 0.4) is 0 Å². The molecule has 0 spiro atoms. The number of carbonyl (C=O) groups excluding carboxylic acids is 1. The van der Waals surface area contributed by atoms with Crippen molar-refractivity contribution in [3.63, 3.8) is 0 Å². The van der Waals surface area contributed by atoms with E-state index in [1.807, 2.05) is 48.2 Å². The summed E-state index contributed by atoms with van der Waals surface area (Å²) in [5, 5.41) is 5.77. The zero-order chi connectivity index (χ0) is 21.3. The lowest BCUT2D eigenvalue weighted by Gasteiger charge is -2.26. The van der Waals surface area contributed by atoms with Gasteiger partial charge in [0.2, 0.25) is 5.91 Å². The number of nitrogens with zero attached hydrogens (tertiary/aromatic N) is 3. The first-order valence-electron chi connectivity index (χ1n) is 10.0. The molecule has 1 unspecified atom stereocenters. The molecule has 0 bridgehead atoms. The molecule has 156 valence electrons. The number of methoxy groups -OCH3 is 2. The third-order valence-corrected chi connectivity index (χ3v) is 5.71. The Labute approximate surface area is 174 Å². The SMILES string of the molecule is COc1ccc(C2CCCN2C(=O)Cn2nc(C)c3ccccc3c2=O)c(OC)c1. The van der Waals surface area contributed by atoms with Crippen molar-refractivity contribution >= 4 is 16.7 Å². The normalized spacial score (nSPS) is 16.1. The van der Waals surface area contributed by atoms with Crippen LogP contribution in [0, 0.1) is 6.92 Å². The van der Waals surface area contributed by atoms with Crippen LogP contribution in [0.1, 0.15) is 30.1 Å². The third kappa shape index (κ3) is 3.51. The molecule has 3 aromatic rings. The van der Waals surface area contributed by atoms with E-state index in [0.717, 1.165) is 29.5 Å². The summed E-state index contributed by atoms with van der Waals surface area (Å²) < 4.78 is 12.1. The Bertz CT molecular complexity index is 1150. The molecule has 1 amide bonds. The van der Waals surface area contributed by atoms with Crippen molar-refractivity contribution < 1.29 is 14.3 Å². The molecule has 1 saturated heterocycles. The lowest BCUT2D eigenvalue weighted by atomic mass is 10.0. The summed E-state index contributed by atoms with van der Waals surface area (Å²) in [4.78, 5) is 27.9. The maximum Gasteiger partial charge on any atom is 0.275 e. The number of rotatable bonds is 5. The molecular formula is C23H25N3O4. The molecule has 2 aromatic carbocycles. The Hall–Kier alpha value is -3.35. The molecule has 0 N–H and O–H groups in total. The minimum Gasteiger partial charge on any atom is -0.497 e. The minimum absolute atomic E-state index is 0.0839. The van der Waals surface area contributed by atoms with E-state index in [1.165, 1.54) is 4.68 Å². The van der Waals surface area contributed by atoms with Crippen molar-refractivity contribution in [1.29, 1.82) is 0 Å². The number of ether oxygens (including phenoxy) is 2. The lowest BCUT2D eigenvalue weighted by Crippen LogP contribution is -2.37. The second-order valence-electron chi connectivity index (χ2n) is 7.45. The Balaban J connectivity index is 1.63. The largest absolute Gasteiger partial charge is 0.497 e. The Kier molecular flexibility index (Phi) is 5.44. The van der Waals surface area contributed by atoms with Crippen LogP contribution in [-0.4, -0.2) is 41.4 Å². The zero-order valence-corrected chi connectivity index (χ0v) is 17.4. The van der Waals surface area contributed by atoms with Crippen molar-refractivity contribution in [2.24, 2.45) is 0 Å². The number of benzene rings is 2. The van der Waals surface area contributed by atoms with Gasteiger partial charge in [0.15, 0.2) is 0 Å². The average molecular weight is 407 g/mol. The predicted molar refractivity (Wildman–Crippen MR) is 114 cm³/mol. The summed E-state index contributed by atoms with van der Waals surface area (Å²) in [6.07, 6.45) is 1.73. The second kappa shape index (κ2) is 8.18. The summed E-state index contributed by atoms with van der Waals surface area (Å²) in [7, 11) is 3.22. The van der Waals surface area contributed by atoms with Gasteiger partial charge in [-0.2, -0.15) is 5.10 Å². The highest BCUT2D eigenvalue weighted by atomic mass is 16.5.